The first-order chi connectivity index (χ1) is 29.7. The van der Waals surface area contributed by atoms with E-state index in [1.807, 2.05) is 24.3 Å². The standard InChI is InChI=1S/C57H37N3/c58-38-39-17-19-40(20-18-39)42-25-29-46(30-26-42)59(48-33-35-49(36-34-48)60-56-15-7-5-13-53(56)54-14-6-8-16-57(54)60)47-31-27-43(28-32-47)41-21-23-44(24-22-41)55-37-45-9-1-2-10-50(45)51-11-3-4-12-52(51)55/h1-37H. The van der Waals surface area contributed by atoms with Crippen molar-refractivity contribution in [3.63, 3.8) is 0 Å². The van der Waals surface area contributed by atoms with Crippen LogP contribution in [0.3, 0.4) is 0 Å². The van der Waals surface area contributed by atoms with Crippen LogP contribution in [0.15, 0.2) is 224 Å². The van der Waals surface area contributed by atoms with Crippen LogP contribution < -0.4 is 4.90 Å². The van der Waals surface area contributed by atoms with Crippen LogP contribution in [0, 0.1) is 11.3 Å². The summed E-state index contributed by atoms with van der Waals surface area (Å²) < 4.78 is 2.35. The lowest BCUT2D eigenvalue weighted by Gasteiger charge is -2.26. The van der Waals surface area contributed by atoms with E-state index in [0.29, 0.717) is 5.56 Å². The van der Waals surface area contributed by atoms with Crippen molar-refractivity contribution in [2.24, 2.45) is 0 Å². The van der Waals surface area contributed by atoms with Crippen molar-refractivity contribution in [3.8, 4) is 45.1 Å². The fourth-order valence-corrected chi connectivity index (χ4v) is 8.88. The number of aromatic nitrogens is 1. The number of fused-ring (bicyclic) bond motifs is 6. The predicted molar refractivity (Wildman–Crippen MR) is 251 cm³/mol. The molecule has 10 aromatic carbocycles. The van der Waals surface area contributed by atoms with Crippen LogP contribution in [0.5, 0.6) is 0 Å². The number of nitrogens with zero attached hydrogens (tertiary/aromatic N) is 3. The molecule has 0 saturated heterocycles. The summed E-state index contributed by atoms with van der Waals surface area (Å²) in [6, 6.07) is 82.3. The normalized spacial score (nSPS) is 11.3. The second kappa shape index (κ2) is 14.6. The summed E-state index contributed by atoms with van der Waals surface area (Å²) in [7, 11) is 0. The Morgan fingerprint density at radius 1 is 0.350 bits per heavy atom. The van der Waals surface area contributed by atoms with Gasteiger partial charge in [-0.1, -0.05) is 146 Å². The molecule has 0 aliphatic carbocycles. The van der Waals surface area contributed by atoms with Crippen molar-refractivity contribution in [2.45, 2.75) is 0 Å². The Kier molecular flexibility index (Phi) is 8.54. The molecule has 60 heavy (non-hydrogen) atoms. The van der Waals surface area contributed by atoms with Crippen molar-refractivity contribution in [2.75, 3.05) is 4.90 Å². The van der Waals surface area contributed by atoms with Gasteiger partial charge in [-0.15, -0.1) is 0 Å². The topological polar surface area (TPSA) is 32.0 Å². The van der Waals surface area contributed by atoms with Gasteiger partial charge in [0, 0.05) is 33.5 Å². The number of para-hydroxylation sites is 2. The van der Waals surface area contributed by atoms with E-state index in [2.05, 4.69) is 216 Å². The average Bonchev–Trinajstić information content (AvgIpc) is 3.66. The zero-order valence-corrected chi connectivity index (χ0v) is 32.7. The summed E-state index contributed by atoms with van der Waals surface area (Å²) >= 11 is 0. The number of nitriles is 1. The van der Waals surface area contributed by atoms with Gasteiger partial charge < -0.3 is 9.47 Å². The molecular weight excluding hydrogens is 727 g/mol. The third kappa shape index (κ3) is 6.07. The summed E-state index contributed by atoms with van der Waals surface area (Å²) in [4.78, 5) is 2.32. The van der Waals surface area contributed by atoms with E-state index < -0.39 is 0 Å². The molecule has 0 spiro atoms. The quantitative estimate of drug-likeness (QED) is 0.151. The van der Waals surface area contributed by atoms with Crippen LogP contribution in [-0.2, 0) is 0 Å². The highest BCUT2D eigenvalue weighted by Crippen LogP contribution is 2.40. The Labute approximate surface area is 348 Å². The fraction of sp³-hybridized carbons (Fsp3) is 0. The van der Waals surface area contributed by atoms with E-state index in [1.54, 1.807) is 0 Å². The van der Waals surface area contributed by atoms with Crippen molar-refractivity contribution in [1.29, 1.82) is 5.26 Å². The predicted octanol–water partition coefficient (Wildman–Crippen LogP) is 15.4. The first-order valence-electron chi connectivity index (χ1n) is 20.3. The largest absolute Gasteiger partial charge is 0.311 e. The number of hydrogen-bond donors (Lipinski definition) is 0. The van der Waals surface area contributed by atoms with E-state index >= 15 is 0 Å². The maximum Gasteiger partial charge on any atom is 0.0991 e. The monoisotopic (exact) mass is 763 g/mol. The Morgan fingerprint density at radius 2 is 0.750 bits per heavy atom. The van der Waals surface area contributed by atoms with E-state index in [-0.39, 0.29) is 0 Å². The van der Waals surface area contributed by atoms with E-state index in [9.17, 15) is 5.26 Å². The van der Waals surface area contributed by atoms with Gasteiger partial charge >= 0.3 is 0 Å². The number of rotatable bonds is 7. The van der Waals surface area contributed by atoms with Crippen molar-refractivity contribution < 1.29 is 0 Å². The molecule has 0 fully saturated rings. The molecule has 3 heteroatoms. The van der Waals surface area contributed by atoms with Gasteiger partial charge in [-0.3, -0.25) is 0 Å². The van der Waals surface area contributed by atoms with Crippen LogP contribution in [0.4, 0.5) is 17.1 Å². The minimum atomic E-state index is 0.656. The second-order valence-electron chi connectivity index (χ2n) is 15.3. The van der Waals surface area contributed by atoms with Crippen LogP contribution in [0.25, 0.3) is 82.4 Å². The lowest BCUT2D eigenvalue weighted by molar-refractivity contribution is 1.17. The molecule has 280 valence electrons. The van der Waals surface area contributed by atoms with Crippen LogP contribution in [0.2, 0.25) is 0 Å². The zero-order chi connectivity index (χ0) is 40.0. The number of benzene rings is 10. The van der Waals surface area contributed by atoms with Gasteiger partial charge in [0.05, 0.1) is 22.7 Å². The fourth-order valence-electron chi connectivity index (χ4n) is 8.88. The molecular formula is C57H37N3. The molecule has 1 heterocycles. The molecule has 0 unspecified atom stereocenters. The van der Waals surface area contributed by atoms with E-state index in [4.69, 9.17) is 0 Å². The summed E-state index contributed by atoms with van der Waals surface area (Å²) in [6.45, 7) is 0. The molecule has 11 aromatic rings. The maximum atomic E-state index is 9.32. The van der Waals surface area contributed by atoms with E-state index in [0.717, 1.165) is 39.4 Å². The minimum absolute atomic E-state index is 0.656. The van der Waals surface area contributed by atoms with Gasteiger partial charge in [0.1, 0.15) is 0 Å². The zero-order valence-electron chi connectivity index (χ0n) is 32.7. The Morgan fingerprint density at radius 3 is 1.28 bits per heavy atom. The molecule has 0 radical (unpaired) electrons. The molecule has 3 nitrogen and oxygen atoms in total. The maximum absolute atomic E-state index is 9.32. The Bertz CT molecular complexity index is 3340. The highest BCUT2D eigenvalue weighted by atomic mass is 15.1. The van der Waals surface area contributed by atoms with Crippen LogP contribution >= 0.6 is 0 Å². The molecule has 0 atom stereocenters. The molecule has 0 amide bonds. The first-order valence-corrected chi connectivity index (χ1v) is 20.3. The Hall–Kier alpha value is -8.19. The van der Waals surface area contributed by atoms with Crippen LogP contribution in [0.1, 0.15) is 5.56 Å². The summed E-state index contributed by atoms with van der Waals surface area (Å²) in [5.74, 6) is 0. The molecule has 0 bridgehead atoms. The van der Waals surface area contributed by atoms with Crippen molar-refractivity contribution >= 4 is 60.4 Å². The molecule has 0 aliphatic rings. The third-order valence-corrected chi connectivity index (χ3v) is 11.8. The summed E-state index contributed by atoms with van der Waals surface area (Å²) in [5, 5.41) is 16.9. The van der Waals surface area contributed by atoms with Gasteiger partial charge in [0.25, 0.3) is 0 Å². The number of anilines is 3. The molecule has 0 saturated carbocycles. The van der Waals surface area contributed by atoms with Gasteiger partial charge in [-0.2, -0.15) is 5.26 Å². The molecule has 1 aromatic heterocycles. The van der Waals surface area contributed by atoms with Crippen molar-refractivity contribution in [3.05, 3.63) is 230 Å². The van der Waals surface area contributed by atoms with Gasteiger partial charge in [0.15, 0.2) is 0 Å². The van der Waals surface area contributed by atoms with Crippen molar-refractivity contribution in [1.82, 2.24) is 4.57 Å². The summed E-state index contributed by atoms with van der Waals surface area (Å²) in [6.07, 6.45) is 0. The minimum Gasteiger partial charge on any atom is -0.311 e. The molecule has 0 N–H and O–H groups in total. The number of hydrogen-bond acceptors (Lipinski definition) is 2. The highest BCUT2D eigenvalue weighted by Gasteiger charge is 2.16. The van der Waals surface area contributed by atoms with Gasteiger partial charge in [-0.05, 0) is 134 Å². The second-order valence-corrected chi connectivity index (χ2v) is 15.3. The summed E-state index contributed by atoms with van der Waals surface area (Å²) in [5.41, 5.74) is 14.3. The lowest BCUT2D eigenvalue weighted by atomic mass is 9.92. The third-order valence-electron chi connectivity index (χ3n) is 11.8. The van der Waals surface area contributed by atoms with Gasteiger partial charge in [0.2, 0.25) is 0 Å². The molecule has 0 aliphatic heterocycles. The lowest BCUT2D eigenvalue weighted by Crippen LogP contribution is -2.10. The highest BCUT2D eigenvalue weighted by molar-refractivity contribution is 6.14. The Balaban J connectivity index is 0.952. The van der Waals surface area contributed by atoms with E-state index in [1.165, 1.54) is 60.0 Å². The SMILES string of the molecule is N#Cc1ccc(-c2ccc(N(c3ccc(-c4ccc(-c5cc6ccccc6c6ccccc56)cc4)cc3)c3ccc(-n4c5ccccc5c5ccccc54)cc3)cc2)cc1. The average molecular weight is 764 g/mol. The smallest absolute Gasteiger partial charge is 0.0991 e. The van der Waals surface area contributed by atoms with Gasteiger partial charge in [-0.25, -0.2) is 0 Å². The molecule has 11 rings (SSSR count). The van der Waals surface area contributed by atoms with Crippen LogP contribution in [-0.4, -0.2) is 4.57 Å². The first kappa shape index (κ1) is 35.0.